The van der Waals surface area contributed by atoms with E-state index in [0.717, 1.165) is 13.0 Å². The van der Waals surface area contributed by atoms with Gasteiger partial charge in [0.05, 0.1) is 0 Å². The van der Waals surface area contributed by atoms with E-state index >= 15 is 0 Å². The Morgan fingerprint density at radius 2 is 1.89 bits per heavy atom. The lowest BCUT2D eigenvalue weighted by molar-refractivity contribution is -0.140. The summed E-state index contributed by atoms with van der Waals surface area (Å²) < 4.78 is 0. The van der Waals surface area contributed by atoms with Crippen LogP contribution in [0, 0.1) is 0 Å². The lowest BCUT2D eigenvalue weighted by Crippen LogP contribution is -2.50. The second kappa shape index (κ2) is 6.04. The van der Waals surface area contributed by atoms with Crippen molar-refractivity contribution in [3.8, 4) is 0 Å². The minimum Gasteiger partial charge on any atom is -0.480 e. The van der Waals surface area contributed by atoms with Crippen LogP contribution in [0.5, 0.6) is 0 Å². The lowest BCUT2D eigenvalue weighted by atomic mass is 10.3. The largest absolute Gasteiger partial charge is 0.480 e. The number of carbonyl (C=O) groups is 2. The van der Waals surface area contributed by atoms with Crippen molar-refractivity contribution in [3.63, 3.8) is 0 Å². The Morgan fingerprint density at radius 3 is 2.28 bits per heavy atom. The molecule has 0 spiro atoms. The maximum Gasteiger partial charge on any atom is 0.329 e. The summed E-state index contributed by atoms with van der Waals surface area (Å²) >= 11 is 0. The van der Waals surface area contributed by atoms with Crippen molar-refractivity contribution in [2.75, 3.05) is 33.7 Å². The first-order valence-corrected chi connectivity index (χ1v) is 6.36. The molecule has 6 nitrogen and oxygen atoms in total. The highest BCUT2D eigenvalue weighted by molar-refractivity contribution is 5.88. The van der Waals surface area contributed by atoms with Crippen LogP contribution in [0.15, 0.2) is 0 Å². The number of aliphatic carboxylic acids is 1. The van der Waals surface area contributed by atoms with Gasteiger partial charge in [-0.05, 0) is 46.8 Å². The Labute approximate surface area is 108 Å². The van der Waals surface area contributed by atoms with Crippen LogP contribution in [0.1, 0.15) is 26.2 Å². The number of carboxylic acids is 1. The number of nitrogens with zero attached hydrogens (tertiary/aromatic N) is 2. The first-order chi connectivity index (χ1) is 8.41. The topological polar surface area (TPSA) is 72.9 Å². The minimum atomic E-state index is -0.994. The fourth-order valence-electron chi connectivity index (χ4n) is 1.78. The normalized spacial score (nSPS) is 16.4. The van der Waals surface area contributed by atoms with E-state index in [4.69, 9.17) is 5.11 Å². The lowest BCUT2D eigenvalue weighted by Gasteiger charge is -2.24. The van der Waals surface area contributed by atoms with E-state index in [9.17, 15) is 9.59 Å². The maximum absolute atomic E-state index is 11.9. The molecule has 0 atom stereocenters. The highest BCUT2D eigenvalue weighted by atomic mass is 16.4. The third kappa shape index (κ3) is 3.87. The van der Waals surface area contributed by atoms with E-state index in [1.54, 1.807) is 4.90 Å². The molecule has 0 unspecified atom stereocenters. The van der Waals surface area contributed by atoms with Crippen molar-refractivity contribution in [2.24, 2.45) is 0 Å². The Morgan fingerprint density at radius 1 is 1.28 bits per heavy atom. The first kappa shape index (κ1) is 14.8. The van der Waals surface area contributed by atoms with Crippen molar-refractivity contribution in [1.29, 1.82) is 0 Å². The molecule has 0 aliphatic heterocycles. The van der Waals surface area contributed by atoms with Crippen LogP contribution in [0.2, 0.25) is 0 Å². The molecule has 0 saturated heterocycles. The number of urea groups is 1. The van der Waals surface area contributed by atoms with Gasteiger partial charge in [-0.2, -0.15) is 0 Å². The number of hydrogen-bond donors (Lipinski definition) is 2. The van der Waals surface area contributed by atoms with Gasteiger partial charge in [-0.15, -0.1) is 0 Å². The maximum atomic E-state index is 11.9. The van der Waals surface area contributed by atoms with E-state index in [1.165, 1.54) is 0 Å². The molecule has 1 fully saturated rings. The van der Waals surface area contributed by atoms with Gasteiger partial charge in [0, 0.05) is 13.1 Å². The number of carbonyl (C=O) groups excluding carboxylic acids is 1. The van der Waals surface area contributed by atoms with Crippen molar-refractivity contribution in [2.45, 2.75) is 31.7 Å². The Hall–Kier alpha value is -1.30. The molecule has 0 radical (unpaired) electrons. The van der Waals surface area contributed by atoms with Gasteiger partial charge < -0.3 is 20.2 Å². The van der Waals surface area contributed by atoms with Gasteiger partial charge in [0.25, 0.3) is 0 Å². The van der Waals surface area contributed by atoms with Gasteiger partial charge in [-0.25, -0.2) is 9.59 Å². The van der Waals surface area contributed by atoms with E-state index < -0.39 is 11.5 Å². The van der Waals surface area contributed by atoms with E-state index in [1.807, 2.05) is 21.0 Å². The Balaban J connectivity index is 2.40. The Bertz CT molecular complexity index is 314. The zero-order valence-electron chi connectivity index (χ0n) is 11.4. The molecular formula is C12H23N3O3. The molecule has 104 valence electrons. The minimum absolute atomic E-state index is 0.267. The zero-order chi connectivity index (χ0) is 13.8. The summed E-state index contributed by atoms with van der Waals surface area (Å²) in [6.07, 6.45) is 1.95. The second-order valence-corrected chi connectivity index (χ2v) is 5.05. The third-order valence-corrected chi connectivity index (χ3v) is 3.21. The summed E-state index contributed by atoms with van der Waals surface area (Å²) in [5.74, 6) is -0.930. The molecule has 0 aromatic carbocycles. The summed E-state index contributed by atoms with van der Waals surface area (Å²) in [6.45, 7) is 4.05. The molecule has 2 amide bonds. The molecule has 0 aromatic heterocycles. The van der Waals surface area contributed by atoms with E-state index in [-0.39, 0.29) is 6.03 Å². The molecule has 1 saturated carbocycles. The van der Waals surface area contributed by atoms with Gasteiger partial charge in [-0.1, -0.05) is 0 Å². The van der Waals surface area contributed by atoms with Crippen molar-refractivity contribution >= 4 is 12.0 Å². The number of amides is 2. The molecule has 2 N–H and O–H groups in total. The highest BCUT2D eigenvalue weighted by Gasteiger charge is 2.52. The molecule has 1 aliphatic carbocycles. The smallest absolute Gasteiger partial charge is 0.329 e. The number of nitrogens with one attached hydrogen (secondary N) is 1. The first-order valence-electron chi connectivity index (χ1n) is 6.36. The molecule has 0 heterocycles. The highest BCUT2D eigenvalue weighted by Crippen LogP contribution is 2.35. The van der Waals surface area contributed by atoms with Crippen LogP contribution in [-0.4, -0.2) is 66.2 Å². The van der Waals surface area contributed by atoms with Gasteiger partial charge in [0.2, 0.25) is 0 Å². The van der Waals surface area contributed by atoms with Crippen LogP contribution in [0.4, 0.5) is 4.79 Å². The summed E-state index contributed by atoms with van der Waals surface area (Å²) in [5.41, 5.74) is -0.994. The number of hydrogen-bond acceptors (Lipinski definition) is 3. The second-order valence-electron chi connectivity index (χ2n) is 5.05. The SMILES string of the molecule is CCN(CCCN(C)C)C(=O)NC1(C(=O)O)CC1. The molecule has 0 bridgehead atoms. The fourth-order valence-corrected chi connectivity index (χ4v) is 1.78. The van der Waals surface area contributed by atoms with Crippen LogP contribution >= 0.6 is 0 Å². The van der Waals surface area contributed by atoms with Crippen LogP contribution < -0.4 is 5.32 Å². The van der Waals surface area contributed by atoms with Gasteiger partial charge in [-0.3, -0.25) is 0 Å². The standard InChI is InChI=1S/C12H23N3O3/c1-4-15(9-5-8-14(2)3)11(18)13-12(6-7-12)10(16)17/h4-9H2,1-3H3,(H,13,18)(H,16,17). The van der Waals surface area contributed by atoms with Crippen molar-refractivity contribution < 1.29 is 14.7 Å². The molecule has 0 aromatic rings. The Kier molecular flexibility index (Phi) is 4.95. The summed E-state index contributed by atoms with van der Waals surface area (Å²) in [6, 6.07) is -0.267. The predicted octanol–water partition coefficient (Wildman–Crippen LogP) is 0.587. The molecule has 18 heavy (non-hydrogen) atoms. The quantitative estimate of drug-likeness (QED) is 0.700. The average molecular weight is 257 g/mol. The summed E-state index contributed by atoms with van der Waals surface area (Å²) in [7, 11) is 3.97. The third-order valence-electron chi connectivity index (χ3n) is 3.21. The predicted molar refractivity (Wildman–Crippen MR) is 68.6 cm³/mol. The van der Waals surface area contributed by atoms with Crippen LogP contribution in [-0.2, 0) is 4.79 Å². The van der Waals surface area contributed by atoms with Crippen molar-refractivity contribution in [3.05, 3.63) is 0 Å². The van der Waals surface area contributed by atoms with E-state index in [2.05, 4.69) is 10.2 Å². The molecule has 6 heteroatoms. The summed E-state index contributed by atoms with van der Waals surface area (Å²) in [5, 5.41) is 11.6. The number of carboxylic acid groups (broad SMARTS) is 1. The zero-order valence-corrected chi connectivity index (χ0v) is 11.4. The fraction of sp³-hybridized carbons (Fsp3) is 0.833. The summed E-state index contributed by atoms with van der Waals surface area (Å²) in [4.78, 5) is 26.7. The van der Waals surface area contributed by atoms with Gasteiger partial charge >= 0.3 is 12.0 Å². The monoisotopic (exact) mass is 257 g/mol. The van der Waals surface area contributed by atoms with Gasteiger partial charge in [0.15, 0.2) is 0 Å². The number of rotatable bonds is 7. The average Bonchev–Trinajstić information content (AvgIpc) is 3.04. The van der Waals surface area contributed by atoms with Crippen LogP contribution in [0.3, 0.4) is 0 Å². The molecule has 1 rings (SSSR count). The molecule has 1 aliphatic rings. The van der Waals surface area contributed by atoms with Crippen LogP contribution in [0.25, 0.3) is 0 Å². The van der Waals surface area contributed by atoms with E-state index in [0.29, 0.717) is 25.9 Å². The molecular weight excluding hydrogens is 234 g/mol. The van der Waals surface area contributed by atoms with Crippen molar-refractivity contribution in [1.82, 2.24) is 15.1 Å². The van der Waals surface area contributed by atoms with Gasteiger partial charge in [0.1, 0.15) is 5.54 Å².